The van der Waals surface area contributed by atoms with E-state index in [2.05, 4.69) is 0 Å². The number of benzene rings is 1. The van der Waals surface area contributed by atoms with Crippen LogP contribution in [0.1, 0.15) is 13.8 Å². The Morgan fingerprint density at radius 2 is 1.38 bits per heavy atom. The molecule has 142 valence electrons. The van der Waals surface area contributed by atoms with Crippen LogP contribution in [0.15, 0.2) is 29.1 Å². The van der Waals surface area contributed by atoms with Crippen LogP contribution in [-0.2, 0) is 32.0 Å². The molecule has 0 N–H and O–H groups in total. The average Bonchev–Trinajstić information content (AvgIpc) is 3.55. The maximum atomic E-state index is 13.0. The molecule has 2 fully saturated rings. The number of epoxide rings is 2. The molecule has 0 aliphatic carbocycles. The van der Waals surface area contributed by atoms with Crippen molar-refractivity contribution >= 4 is 11.0 Å². The number of ether oxygens (including phenoxy) is 4. The summed E-state index contributed by atoms with van der Waals surface area (Å²) in [6.07, 6.45) is 0.335. The maximum absolute atomic E-state index is 13.0. The highest BCUT2D eigenvalue weighted by Crippen LogP contribution is 2.16. The van der Waals surface area contributed by atoms with Gasteiger partial charge in [-0.3, -0.25) is 9.13 Å². The van der Waals surface area contributed by atoms with Crippen LogP contribution in [-0.4, -0.2) is 60.0 Å². The minimum absolute atomic E-state index is 0.0255. The molecule has 4 rings (SSSR count). The molecule has 7 nitrogen and oxygen atoms in total. The minimum atomic E-state index is -0.0585. The fourth-order valence-electron chi connectivity index (χ4n) is 3.12. The summed E-state index contributed by atoms with van der Waals surface area (Å²) in [6, 6.07) is 7.87. The molecule has 1 aromatic carbocycles. The van der Waals surface area contributed by atoms with E-state index < -0.39 is 0 Å². The van der Waals surface area contributed by atoms with Crippen LogP contribution in [0, 0.1) is 0 Å². The maximum Gasteiger partial charge on any atom is 0.329 e. The van der Waals surface area contributed by atoms with Crippen molar-refractivity contribution in [1.82, 2.24) is 9.13 Å². The lowest BCUT2D eigenvalue weighted by atomic mass is 10.3. The van der Waals surface area contributed by atoms with Crippen molar-refractivity contribution in [3.63, 3.8) is 0 Å². The van der Waals surface area contributed by atoms with Gasteiger partial charge in [0, 0.05) is 0 Å². The zero-order valence-electron chi connectivity index (χ0n) is 15.3. The Bertz CT molecular complexity index is 742. The summed E-state index contributed by atoms with van der Waals surface area (Å²) < 4.78 is 25.5. The van der Waals surface area contributed by atoms with Crippen LogP contribution < -0.4 is 5.69 Å². The molecular weight excluding hydrogens is 336 g/mol. The summed E-state index contributed by atoms with van der Waals surface area (Å²) in [6.45, 7) is 7.73. The van der Waals surface area contributed by atoms with Gasteiger partial charge in [0.05, 0.1) is 62.8 Å². The molecule has 7 heteroatoms. The molecule has 26 heavy (non-hydrogen) atoms. The molecule has 0 saturated carbocycles. The van der Waals surface area contributed by atoms with E-state index in [0.717, 1.165) is 24.2 Å². The van der Waals surface area contributed by atoms with E-state index in [-0.39, 0.29) is 30.1 Å². The largest absolute Gasteiger partial charge is 0.374 e. The summed E-state index contributed by atoms with van der Waals surface area (Å²) in [7, 11) is 0. The topological polar surface area (TPSA) is 70.5 Å². The molecule has 2 saturated heterocycles. The highest BCUT2D eigenvalue weighted by Gasteiger charge is 2.25. The van der Waals surface area contributed by atoms with Gasteiger partial charge < -0.3 is 18.9 Å². The number of hydrogen-bond donors (Lipinski definition) is 0. The van der Waals surface area contributed by atoms with E-state index in [1.54, 1.807) is 9.13 Å². The smallest absolute Gasteiger partial charge is 0.329 e. The number of aromatic nitrogens is 2. The first-order valence-corrected chi connectivity index (χ1v) is 9.26. The van der Waals surface area contributed by atoms with E-state index in [1.165, 1.54) is 0 Å². The second-order valence-electron chi connectivity index (χ2n) is 7.19. The summed E-state index contributed by atoms with van der Waals surface area (Å²) in [5.41, 5.74) is 1.82. The SMILES string of the molecule is CC(Cn1c(=O)n(CC(C)OCC2CO2)c2ccccc21)OCC1CO1. The zero-order valence-corrected chi connectivity index (χ0v) is 15.3. The predicted octanol–water partition coefficient (Wildman–Crippen LogP) is 1.41. The monoisotopic (exact) mass is 362 g/mol. The Labute approximate surface area is 152 Å². The second-order valence-corrected chi connectivity index (χ2v) is 7.19. The van der Waals surface area contributed by atoms with Crippen LogP contribution >= 0.6 is 0 Å². The number of hydrogen-bond acceptors (Lipinski definition) is 5. The first kappa shape index (κ1) is 17.7. The second kappa shape index (κ2) is 7.52. The lowest BCUT2D eigenvalue weighted by molar-refractivity contribution is 0.0408. The molecular formula is C19H26N2O5. The van der Waals surface area contributed by atoms with Crippen molar-refractivity contribution in [1.29, 1.82) is 0 Å². The first-order valence-electron chi connectivity index (χ1n) is 9.26. The standard InChI is InChI=1S/C19H26N2O5/c1-13(23-9-15-11-25-15)7-20-17-5-3-4-6-18(17)21(19(20)22)8-14(2)24-10-16-12-26-16/h3-6,13-16H,7-12H2,1-2H3. The van der Waals surface area contributed by atoms with E-state index in [1.807, 2.05) is 38.1 Å². The van der Waals surface area contributed by atoms with Crippen LogP contribution in [0.3, 0.4) is 0 Å². The summed E-state index contributed by atoms with van der Waals surface area (Å²) >= 11 is 0. The normalized spacial score (nSPS) is 23.9. The number of imidazole rings is 1. The van der Waals surface area contributed by atoms with Gasteiger partial charge in [0.25, 0.3) is 0 Å². The summed E-state index contributed by atoms with van der Waals surface area (Å²) in [5.74, 6) is 0. The van der Waals surface area contributed by atoms with Crippen molar-refractivity contribution in [2.24, 2.45) is 0 Å². The number of para-hydroxylation sites is 2. The van der Waals surface area contributed by atoms with Gasteiger partial charge in [-0.2, -0.15) is 0 Å². The zero-order chi connectivity index (χ0) is 18.1. The Morgan fingerprint density at radius 1 is 0.962 bits per heavy atom. The predicted molar refractivity (Wildman–Crippen MR) is 96.5 cm³/mol. The Balaban J connectivity index is 1.50. The summed E-state index contributed by atoms with van der Waals surface area (Å²) in [4.78, 5) is 13.0. The first-order chi connectivity index (χ1) is 12.6. The molecule has 2 aromatic rings. The number of nitrogens with zero attached hydrogens (tertiary/aromatic N) is 2. The van der Waals surface area contributed by atoms with Gasteiger partial charge in [0.15, 0.2) is 0 Å². The number of fused-ring (bicyclic) bond motifs is 1. The van der Waals surface area contributed by atoms with Gasteiger partial charge in [-0.05, 0) is 26.0 Å². The molecule has 3 heterocycles. The van der Waals surface area contributed by atoms with Crippen LogP contribution in [0.25, 0.3) is 11.0 Å². The quantitative estimate of drug-likeness (QED) is 0.598. The molecule has 4 atom stereocenters. The lowest BCUT2D eigenvalue weighted by Crippen LogP contribution is -2.32. The minimum Gasteiger partial charge on any atom is -0.374 e. The van der Waals surface area contributed by atoms with Gasteiger partial charge in [-0.15, -0.1) is 0 Å². The molecule has 0 spiro atoms. The fourth-order valence-corrected chi connectivity index (χ4v) is 3.12. The lowest BCUT2D eigenvalue weighted by Gasteiger charge is -2.14. The molecule has 2 aliphatic heterocycles. The molecule has 2 aliphatic rings. The summed E-state index contributed by atoms with van der Waals surface area (Å²) in [5, 5.41) is 0. The van der Waals surface area contributed by atoms with E-state index >= 15 is 0 Å². The highest BCUT2D eigenvalue weighted by atomic mass is 16.6. The van der Waals surface area contributed by atoms with Crippen molar-refractivity contribution < 1.29 is 18.9 Å². The highest BCUT2D eigenvalue weighted by molar-refractivity contribution is 5.76. The van der Waals surface area contributed by atoms with E-state index in [4.69, 9.17) is 18.9 Å². The van der Waals surface area contributed by atoms with Crippen LogP contribution in [0.5, 0.6) is 0 Å². The molecule has 0 bridgehead atoms. The molecule has 1 aromatic heterocycles. The van der Waals surface area contributed by atoms with Crippen molar-refractivity contribution in [2.75, 3.05) is 26.4 Å². The Kier molecular flexibility index (Phi) is 5.13. The third kappa shape index (κ3) is 4.17. The third-order valence-corrected chi connectivity index (χ3v) is 4.74. The third-order valence-electron chi connectivity index (χ3n) is 4.74. The van der Waals surface area contributed by atoms with Gasteiger partial charge in [0.1, 0.15) is 12.2 Å². The fraction of sp³-hybridized carbons (Fsp3) is 0.632. The molecule has 4 unspecified atom stereocenters. The van der Waals surface area contributed by atoms with Gasteiger partial charge >= 0.3 is 5.69 Å². The average molecular weight is 362 g/mol. The van der Waals surface area contributed by atoms with Crippen LogP contribution in [0.2, 0.25) is 0 Å². The van der Waals surface area contributed by atoms with E-state index in [9.17, 15) is 4.79 Å². The van der Waals surface area contributed by atoms with Gasteiger partial charge in [0.2, 0.25) is 0 Å². The van der Waals surface area contributed by atoms with Gasteiger partial charge in [-0.1, -0.05) is 12.1 Å². The van der Waals surface area contributed by atoms with Crippen molar-refractivity contribution in [2.45, 2.75) is 51.4 Å². The number of rotatable bonds is 10. The van der Waals surface area contributed by atoms with Crippen LogP contribution in [0.4, 0.5) is 0 Å². The van der Waals surface area contributed by atoms with Crippen molar-refractivity contribution in [3.8, 4) is 0 Å². The van der Waals surface area contributed by atoms with Gasteiger partial charge in [-0.25, -0.2) is 4.79 Å². The molecule has 0 amide bonds. The Hall–Kier alpha value is -1.67. The molecule has 0 radical (unpaired) electrons. The van der Waals surface area contributed by atoms with Crippen molar-refractivity contribution in [3.05, 3.63) is 34.7 Å². The van der Waals surface area contributed by atoms with E-state index in [0.29, 0.717) is 26.3 Å². The Morgan fingerprint density at radius 3 is 1.77 bits per heavy atom.